The van der Waals surface area contributed by atoms with E-state index in [0.717, 1.165) is 0 Å². The number of nitrogens with one attached hydrogen (secondary N) is 1. The molecule has 0 saturated heterocycles. The molecule has 0 radical (unpaired) electrons. The summed E-state index contributed by atoms with van der Waals surface area (Å²) in [5, 5.41) is 19.0. The van der Waals surface area contributed by atoms with Crippen LogP contribution in [0.1, 0.15) is 6.42 Å². The van der Waals surface area contributed by atoms with Crippen molar-refractivity contribution >= 4 is 5.97 Å². The minimum Gasteiger partial charge on any atom is -0.480 e. The summed E-state index contributed by atoms with van der Waals surface area (Å²) >= 11 is 0. The predicted octanol–water partition coefficient (Wildman–Crippen LogP) is -1.67. The first-order valence-electron chi connectivity index (χ1n) is 2.98. The molecule has 0 aliphatic heterocycles. The average molecular weight is 148 g/mol. The van der Waals surface area contributed by atoms with E-state index >= 15 is 0 Å². The summed E-state index contributed by atoms with van der Waals surface area (Å²) in [5.74, 6) is -1.01. The summed E-state index contributed by atoms with van der Waals surface area (Å²) in [4.78, 5) is 10.1. The fraction of sp³-hybridized carbons (Fsp3) is 0.800. The number of nitrogens with two attached hydrogens (primary N) is 1. The topological polar surface area (TPSA) is 95.6 Å². The maximum absolute atomic E-state index is 10.1. The van der Waals surface area contributed by atoms with E-state index in [1.165, 1.54) is 0 Å². The molecule has 5 heteroatoms. The van der Waals surface area contributed by atoms with E-state index in [4.69, 9.17) is 15.9 Å². The summed E-state index contributed by atoms with van der Waals surface area (Å²) in [6, 6.07) is -0.834. The number of aliphatic hydroxyl groups is 1. The van der Waals surface area contributed by atoms with Gasteiger partial charge in [0.05, 0.1) is 6.73 Å². The Kier molecular flexibility index (Phi) is 4.82. The zero-order valence-electron chi connectivity index (χ0n) is 5.58. The van der Waals surface area contributed by atoms with Crippen LogP contribution in [0, 0.1) is 0 Å². The molecule has 5 N–H and O–H groups in total. The molecule has 10 heavy (non-hydrogen) atoms. The molecular formula is C5H12N2O3. The van der Waals surface area contributed by atoms with Gasteiger partial charge < -0.3 is 15.9 Å². The highest BCUT2D eigenvalue weighted by molar-refractivity contribution is 5.72. The first-order chi connectivity index (χ1) is 4.68. The smallest absolute Gasteiger partial charge is 0.320 e. The molecule has 0 saturated carbocycles. The van der Waals surface area contributed by atoms with Crippen LogP contribution in [0.5, 0.6) is 0 Å². The Balaban J connectivity index is 3.21. The second-order valence-electron chi connectivity index (χ2n) is 1.89. The first-order valence-corrected chi connectivity index (χ1v) is 2.98. The minimum atomic E-state index is -1.01. The normalized spacial score (nSPS) is 13.0. The molecule has 0 heterocycles. The van der Waals surface area contributed by atoms with E-state index in [2.05, 4.69) is 5.32 Å². The van der Waals surface area contributed by atoms with E-state index in [-0.39, 0.29) is 6.73 Å². The molecule has 0 fully saturated rings. The van der Waals surface area contributed by atoms with Crippen LogP contribution in [0.4, 0.5) is 0 Å². The largest absolute Gasteiger partial charge is 0.480 e. The van der Waals surface area contributed by atoms with Crippen molar-refractivity contribution in [2.45, 2.75) is 12.5 Å². The number of aliphatic carboxylic acids is 1. The fourth-order valence-corrected chi connectivity index (χ4v) is 0.460. The van der Waals surface area contributed by atoms with Crippen molar-refractivity contribution in [3.8, 4) is 0 Å². The standard InChI is InChI=1S/C5H12N2O3/c6-4(5(9)10)1-2-7-3-8/h4,7-8H,1-3,6H2,(H,9,10). The summed E-state index contributed by atoms with van der Waals surface area (Å²) < 4.78 is 0. The zero-order valence-corrected chi connectivity index (χ0v) is 5.58. The highest BCUT2D eigenvalue weighted by Gasteiger charge is 2.09. The van der Waals surface area contributed by atoms with Crippen LogP contribution >= 0.6 is 0 Å². The molecule has 0 aromatic heterocycles. The number of rotatable bonds is 5. The lowest BCUT2D eigenvalue weighted by Gasteiger charge is -2.04. The SMILES string of the molecule is NC(CCNCO)C(=O)O. The van der Waals surface area contributed by atoms with Gasteiger partial charge in [-0.1, -0.05) is 0 Å². The molecule has 0 aromatic carbocycles. The third-order valence-electron chi connectivity index (χ3n) is 1.06. The van der Waals surface area contributed by atoms with Crippen molar-refractivity contribution < 1.29 is 15.0 Å². The Hall–Kier alpha value is -0.650. The fourth-order valence-electron chi connectivity index (χ4n) is 0.460. The van der Waals surface area contributed by atoms with Crippen LogP contribution in [0.2, 0.25) is 0 Å². The lowest BCUT2D eigenvalue weighted by Crippen LogP contribution is -2.33. The van der Waals surface area contributed by atoms with Crippen LogP contribution in [0.3, 0.4) is 0 Å². The Bertz CT molecular complexity index is 107. The van der Waals surface area contributed by atoms with E-state index < -0.39 is 12.0 Å². The minimum absolute atomic E-state index is 0.146. The van der Waals surface area contributed by atoms with Crippen LogP contribution in [-0.4, -0.2) is 35.5 Å². The second-order valence-corrected chi connectivity index (χ2v) is 1.89. The van der Waals surface area contributed by atoms with Gasteiger partial charge in [0.1, 0.15) is 6.04 Å². The van der Waals surface area contributed by atoms with Gasteiger partial charge in [-0.2, -0.15) is 0 Å². The van der Waals surface area contributed by atoms with Gasteiger partial charge in [-0.3, -0.25) is 10.1 Å². The molecule has 5 nitrogen and oxygen atoms in total. The zero-order chi connectivity index (χ0) is 7.98. The molecule has 0 aliphatic carbocycles. The van der Waals surface area contributed by atoms with Crippen LogP contribution in [0.25, 0.3) is 0 Å². The van der Waals surface area contributed by atoms with E-state index in [1.807, 2.05) is 0 Å². The van der Waals surface area contributed by atoms with Gasteiger partial charge in [0.2, 0.25) is 0 Å². The Morgan fingerprint density at radius 1 is 1.70 bits per heavy atom. The predicted molar refractivity (Wildman–Crippen MR) is 35.3 cm³/mol. The third-order valence-corrected chi connectivity index (χ3v) is 1.06. The summed E-state index contributed by atoms with van der Waals surface area (Å²) in [5.41, 5.74) is 5.14. The van der Waals surface area contributed by atoms with Gasteiger partial charge in [-0.25, -0.2) is 0 Å². The van der Waals surface area contributed by atoms with Crippen LogP contribution < -0.4 is 11.1 Å². The van der Waals surface area contributed by atoms with E-state index in [9.17, 15) is 4.79 Å². The number of carboxylic acid groups (broad SMARTS) is 1. The lowest BCUT2D eigenvalue weighted by atomic mass is 10.2. The highest BCUT2D eigenvalue weighted by atomic mass is 16.4. The number of hydrogen-bond acceptors (Lipinski definition) is 4. The molecule has 0 amide bonds. The van der Waals surface area contributed by atoms with Crippen molar-refractivity contribution in [2.75, 3.05) is 13.3 Å². The van der Waals surface area contributed by atoms with Gasteiger partial charge in [-0.05, 0) is 13.0 Å². The molecule has 0 aromatic rings. The number of carbonyl (C=O) groups is 1. The van der Waals surface area contributed by atoms with Crippen molar-refractivity contribution in [3.63, 3.8) is 0 Å². The maximum atomic E-state index is 10.1. The van der Waals surface area contributed by atoms with Crippen molar-refractivity contribution in [3.05, 3.63) is 0 Å². The summed E-state index contributed by atoms with van der Waals surface area (Å²) in [7, 11) is 0. The third kappa shape index (κ3) is 4.25. The molecule has 0 rings (SSSR count). The first kappa shape index (κ1) is 9.35. The summed E-state index contributed by atoms with van der Waals surface area (Å²) in [6.45, 7) is 0.274. The monoisotopic (exact) mass is 148 g/mol. The molecule has 0 spiro atoms. The lowest BCUT2D eigenvalue weighted by molar-refractivity contribution is -0.138. The van der Waals surface area contributed by atoms with Crippen LogP contribution in [-0.2, 0) is 4.79 Å². The molecule has 1 atom stereocenters. The van der Waals surface area contributed by atoms with Crippen molar-refractivity contribution in [1.29, 1.82) is 0 Å². The molecular weight excluding hydrogens is 136 g/mol. The highest BCUT2D eigenvalue weighted by Crippen LogP contribution is 1.84. The molecule has 0 bridgehead atoms. The van der Waals surface area contributed by atoms with Gasteiger partial charge >= 0.3 is 5.97 Å². The van der Waals surface area contributed by atoms with E-state index in [0.29, 0.717) is 13.0 Å². The number of aliphatic hydroxyl groups excluding tert-OH is 1. The van der Waals surface area contributed by atoms with Gasteiger partial charge in [0.25, 0.3) is 0 Å². The second kappa shape index (κ2) is 5.16. The van der Waals surface area contributed by atoms with Gasteiger partial charge in [0, 0.05) is 0 Å². The van der Waals surface area contributed by atoms with Crippen molar-refractivity contribution in [2.24, 2.45) is 5.73 Å². The van der Waals surface area contributed by atoms with Gasteiger partial charge in [-0.15, -0.1) is 0 Å². The Morgan fingerprint density at radius 2 is 2.30 bits per heavy atom. The summed E-state index contributed by atoms with van der Waals surface area (Å²) in [6.07, 6.45) is 0.329. The number of carboxylic acids is 1. The van der Waals surface area contributed by atoms with Crippen LogP contribution in [0.15, 0.2) is 0 Å². The number of hydrogen-bond donors (Lipinski definition) is 4. The molecule has 60 valence electrons. The maximum Gasteiger partial charge on any atom is 0.320 e. The quantitative estimate of drug-likeness (QED) is 0.276. The molecule has 1 unspecified atom stereocenters. The van der Waals surface area contributed by atoms with Gasteiger partial charge in [0.15, 0.2) is 0 Å². The molecule has 0 aliphatic rings. The van der Waals surface area contributed by atoms with E-state index in [1.54, 1.807) is 0 Å². The Labute approximate surface area is 58.8 Å². The average Bonchev–Trinajstić information content (AvgIpc) is 1.88. The van der Waals surface area contributed by atoms with Crippen molar-refractivity contribution in [1.82, 2.24) is 5.32 Å². The Morgan fingerprint density at radius 3 is 2.70 bits per heavy atom.